The number of hydrogen-bond acceptors (Lipinski definition) is 2. The normalized spacial score (nSPS) is 29.6. The first-order valence-electron chi connectivity index (χ1n) is 6.38. The molecule has 2 heteroatoms. The minimum Gasteiger partial charge on any atom is -0.327 e. The lowest BCUT2D eigenvalue weighted by molar-refractivity contribution is 0.192. The fourth-order valence-electron chi connectivity index (χ4n) is 3.09. The van der Waals surface area contributed by atoms with E-state index in [0.717, 1.165) is 12.5 Å². The molecule has 0 spiro atoms. The zero-order chi connectivity index (χ0) is 11.0. The standard InChI is InChI=1S/C14H20N2/c15-13-5-3-7-16(10-13)9-12-8-11-4-1-2-6-14(11)12/h1-2,4,6,12-13H,3,5,7-10,15H2/t12?,13-/m1/s1. The average Bonchev–Trinajstić information content (AvgIpc) is 2.26. The number of nitrogens with zero attached hydrogens (tertiary/aromatic N) is 1. The van der Waals surface area contributed by atoms with Crippen LogP contribution < -0.4 is 5.73 Å². The van der Waals surface area contributed by atoms with Crippen LogP contribution in [0.5, 0.6) is 0 Å². The molecule has 2 N–H and O–H groups in total. The molecule has 2 nitrogen and oxygen atoms in total. The van der Waals surface area contributed by atoms with Gasteiger partial charge in [0, 0.05) is 25.0 Å². The van der Waals surface area contributed by atoms with E-state index in [2.05, 4.69) is 29.2 Å². The summed E-state index contributed by atoms with van der Waals surface area (Å²) in [5, 5.41) is 0. The van der Waals surface area contributed by atoms with Crippen molar-refractivity contribution in [1.29, 1.82) is 0 Å². The van der Waals surface area contributed by atoms with Gasteiger partial charge in [0.15, 0.2) is 0 Å². The molecule has 1 aliphatic carbocycles. The minimum atomic E-state index is 0.407. The van der Waals surface area contributed by atoms with Crippen molar-refractivity contribution in [3.05, 3.63) is 35.4 Å². The lowest BCUT2D eigenvalue weighted by Crippen LogP contribution is -2.45. The molecule has 3 rings (SSSR count). The summed E-state index contributed by atoms with van der Waals surface area (Å²) in [7, 11) is 0. The molecule has 1 aliphatic heterocycles. The van der Waals surface area contributed by atoms with Gasteiger partial charge in [-0.3, -0.25) is 0 Å². The summed E-state index contributed by atoms with van der Waals surface area (Å²) in [6, 6.07) is 9.25. The molecule has 86 valence electrons. The molecule has 1 unspecified atom stereocenters. The quantitative estimate of drug-likeness (QED) is 0.816. The van der Waals surface area contributed by atoms with Gasteiger partial charge in [-0.15, -0.1) is 0 Å². The molecule has 0 saturated carbocycles. The van der Waals surface area contributed by atoms with Crippen molar-refractivity contribution in [1.82, 2.24) is 4.90 Å². The lowest BCUT2D eigenvalue weighted by atomic mass is 9.77. The molecule has 1 aromatic carbocycles. The summed E-state index contributed by atoms with van der Waals surface area (Å²) < 4.78 is 0. The molecule has 1 fully saturated rings. The monoisotopic (exact) mass is 216 g/mol. The Morgan fingerprint density at radius 3 is 3.00 bits per heavy atom. The zero-order valence-corrected chi connectivity index (χ0v) is 9.73. The molecule has 0 bridgehead atoms. The molecule has 16 heavy (non-hydrogen) atoms. The third kappa shape index (κ3) is 1.87. The van der Waals surface area contributed by atoms with Crippen molar-refractivity contribution in [2.45, 2.75) is 31.2 Å². The SMILES string of the molecule is N[C@@H]1CCCN(CC2Cc3ccccc32)C1. The van der Waals surface area contributed by atoms with Crippen LogP contribution in [0.25, 0.3) is 0 Å². The molecule has 2 aliphatic rings. The Bertz CT molecular complexity index is 375. The van der Waals surface area contributed by atoms with Gasteiger partial charge in [-0.25, -0.2) is 0 Å². The van der Waals surface area contributed by atoms with Crippen LogP contribution in [-0.4, -0.2) is 30.6 Å². The van der Waals surface area contributed by atoms with Crippen LogP contribution in [0.2, 0.25) is 0 Å². The van der Waals surface area contributed by atoms with E-state index in [1.165, 1.54) is 32.4 Å². The third-order valence-electron chi connectivity index (χ3n) is 3.98. The molecular formula is C14H20N2. The smallest absolute Gasteiger partial charge is 0.0168 e. The van der Waals surface area contributed by atoms with E-state index in [1.54, 1.807) is 11.1 Å². The van der Waals surface area contributed by atoms with Crippen molar-refractivity contribution in [3.63, 3.8) is 0 Å². The Morgan fingerprint density at radius 1 is 1.31 bits per heavy atom. The molecule has 0 aromatic heterocycles. The highest BCUT2D eigenvalue weighted by Crippen LogP contribution is 2.35. The van der Waals surface area contributed by atoms with Crippen molar-refractivity contribution >= 4 is 0 Å². The van der Waals surface area contributed by atoms with E-state index in [-0.39, 0.29) is 0 Å². The highest BCUT2D eigenvalue weighted by atomic mass is 15.1. The highest BCUT2D eigenvalue weighted by molar-refractivity contribution is 5.40. The molecule has 1 heterocycles. The summed E-state index contributed by atoms with van der Waals surface area (Å²) in [5.41, 5.74) is 9.13. The summed E-state index contributed by atoms with van der Waals surface area (Å²) in [4.78, 5) is 2.55. The van der Waals surface area contributed by atoms with Gasteiger partial charge in [0.05, 0.1) is 0 Å². The number of fused-ring (bicyclic) bond motifs is 1. The van der Waals surface area contributed by atoms with Crippen molar-refractivity contribution < 1.29 is 0 Å². The maximum atomic E-state index is 6.01. The average molecular weight is 216 g/mol. The van der Waals surface area contributed by atoms with Crippen LogP contribution in [0.15, 0.2) is 24.3 Å². The number of piperidine rings is 1. The first-order chi connectivity index (χ1) is 7.83. The van der Waals surface area contributed by atoms with Crippen LogP contribution in [0.1, 0.15) is 29.9 Å². The predicted octanol–water partition coefficient (Wildman–Crippen LogP) is 1.75. The van der Waals surface area contributed by atoms with E-state index in [1.807, 2.05) is 0 Å². The van der Waals surface area contributed by atoms with E-state index in [0.29, 0.717) is 6.04 Å². The second kappa shape index (κ2) is 4.19. The lowest BCUT2D eigenvalue weighted by Gasteiger charge is -2.38. The number of rotatable bonds is 2. The number of benzene rings is 1. The van der Waals surface area contributed by atoms with Crippen LogP contribution >= 0.6 is 0 Å². The molecule has 1 saturated heterocycles. The van der Waals surface area contributed by atoms with Crippen molar-refractivity contribution in [2.75, 3.05) is 19.6 Å². The van der Waals surface area contributed by atoms with Crippen LogP contribution in [-0.2, 0) is 6.42 Å². The Kier molecular flexibility index (Phi) is 2.70. The second-order valence-corrected chi connectivity index (χ2v) is 5.26. The van der Waals surface area contributed by atoms with Gasteiger partial charge < -0.3 is 10.6 Å². The molecule has 2 atom stereocenters. The second-order valence-electron chi connectivity index (χ2n) is 5.26. The number of nitrogens with two attached hydrogens (primary N) is 1. The van der Waals surface area contributed by atoms with Gasteiger partial charge in [0.25, 0.3) is 0 Å². The number of hydrogen-bond donors (Lipinski definition) is 1. The first-order valence-corrected chi connectivity index (χ1v) is 6.38. The van der Waals surface area contributed by atoms with Gasteiger partial charge in [-0.2, -0.15) is 0 Å². The Labute approximate surface area is 97.4 Å². The summed E-state index contributed by atoms with van der Waals surface area (Å²) in [6.45, 7) is 3.55. The summed E-state index contributed by atoms with van der Waals surface area (Å²) >= 11 is 0. The Balaban J connectivity index is 1.61. The Hall–Kier alpha value is -0.860. The van der Waals surface area contributed by atoms with Crippen LogP contribution in [0.4, 0.5) is 0 Å². The largest absolute Gasteiger partial charge is 0.327 e. The van der Waals surface area contributed by atoms with E-state index in [4.69, 9.17) is 5.73 Å². The third-order valence-corrected chi connectivity index (χ3v) is 3.98. The van der Waals surface area contributed by atoms with Gasteiger partial charge in [0.2, 0.25) is 0 Å². The van der Waals surface area contributed by atoms with E-state index in [9.17, 15) is 0 Å². The maximum absolute atomic E-state index is 6.01. The van der Waals surface area contributed by atoms with E-state index < -0.39 is 0 Å². The summed E-state index contributed by atoms with van der Waals surface area (Å²) in [6.07, 6.45) is 3.75. The predicted molar refractivity (Wildman–Crippen MR) is 66.5 cm³/mol. The van der Waals surface area contributed by atoms with Gasteiger partial charge >= 0.3 is 0 Å². The van der Waals surface area contributed by atoms with Crippen LogP contribution in [0.3, 0.4) is 0 Å². The molecule has 1 aromatic rings. The molecule has 0 amide bonds. The Morgan fingerprint density at radius 2 is 2.19 bits per heavy atom. The highest BCUT2D eigenvalue weighted by Gasteiger charge is 2.28. The minimum absolute atomic E-state index is 0.407. The van der Waals surface area contributed by atoms with Gasteiger partial charge in [-0.05, 0) is 36.9 Å². The molecular weight excluding hydrogens is 196 g/mol. The van der Waals surface area contributed by atoms with Crippen molar-refractivity contribution in [3.8, 4) is 0 Å². The fourth-order valence-corrected chi connectivity index (χ4v) is 3.09. The molecule has 0 radical (unpaired) electrons. The topological polar surface area (TPSA) is 29.3 Å². The van der Waals surface area contributed by atoms with Crippen molar-refractivity contribution in [2.24, 2.45) is 5.73 Å². The summed E-state index contributed by atoms with van der Waals surface area (Å²) in [5.74, 6) is 0.765. The number of likely N-dealkylation sites (tertiary alicyclic amines) is 1. The van der Waals surface area contributed by atoms with E-state index >= 15 is 0 Å². The maximum Gasteiger partial charge on any atom is 0.0168 e. The van der Waals surface area contributed by atoms with Gasteiger partial charge in [0.1, 0.15) is 0 Å². The fraction of sp³-hybridized carbons (Fsp3) is 0.571. The first kappa shape index (κ1) is 10.3. The van der Waals surface area contributed by atoms with Gasteiger partial charge in [-0.1, -0.05) is 24.3 Å². The van der Waals surface area contributed by atoms with Crippen LogP contribution in [0, 0.1) is 0 Å². The zero-order valence-electron chi connectivity index (χ0n) is 9.73.